The fraction of sp³-hybridized carbons (Fsp3) is 0. The van der Waals surface area contributed by atoms with Crippen LogP contribution in [0, 0.1) is 0 Å². The Hall–Kier alpha value is -0.0326. The first kappa shape index (κ1) is 12.6. The van der Waals surface area contributed by atoms with Crippen LogP contribution in [-0.4, -0.2) is 4.98 Å². The van der Waals surface area contributed by atoms with Gasteiger partial charge in [0, 0.05) is 12.4 Å². The number of aromatic nitrogens is 1. The van der Waals surface area contributed by atoms with E-state index in [1.165, 1.54) is 0 Å². The van der Waals surface area contributed by atoms with Crippen LogP contribution in [0.1, 0.15) is 5.56 Å². The summed E-state index contributed by atoms with van der Waals surface area (Å²) >= 11 is 0. The fourth-order valence-corrected chi connectivity index (χ4v) is 0.497. The van der Waals surface area contributed by atoms with E-state index in [-0.39, 0.29) is 35.8 Å². The Morgan fingerprint density at radius 1 is 1.50 bits per heavy atom. The Labute approximate surface area is 83.5 Å². The Kier molecular flexibility index (Phi) is 8.94. The van der Waals surface area contributed by atoms with E-state index in [0.717, 1.165) is 5.56 Å². The predicted octanol–water partition coefficient (Wildman–Crippen LogP) is -4.27. The van der Waals surface area contributed by atoms with Crippen molar-refractivity contribution < 1.29 is 35.8 Å². The van der Waals surface area contributed by atoms with E-state index in [1.54, 1.807) is 18.5 Å². The molecule has 0 amide bonds. The van der Waals surface area contributed by atoms with E-state index in [4.69, 9.17) is 0 Å². The van der Waals surface area contributed by atoms with E-state index in [2.05, 4.69) is 11.6 Å². The maximum Gasteiger partial charge on any atom is 1.00 e. The van der Waals surface area contributed by atoms with E-state index in [1.807, 2.05) is 12.1 Å². The van der Waals surface area contributed by atoms with Crippen molar-refractivity contribution in [2.75, 3.05) is 0 Å². The second kappa shape index (κ2) is 7.08. The quantitative estimate of drug-likeness (QED) is 0.410. The molecule has 48 valence electrons. The molecule has 0 bridgehead atoms. The molecule has 3 heteroatoms. The molecule has 0 unspecified atom stereocenters. The third-order valence-corrected chi connectivity index (χ3v) is 0.920. The Balaban J connectivity index is 0. The van der Waals surface area contributed by atoms with Gasteiger partial charge in [-0.05, 0) is 11.6 Å². The van der Waals surface area contributed by atoms with E-state index >= 15 is 0 Å². The molecule has 0 radical (unpaired) electrons. The molecule has 1 aromatic rings. The third kappa shape index (κ3) is 3.89. The summed E-state index contributed by atoms with van der Waals surface area (Å²) in [5.41, 5.74) is 1.06. The van der Waals surface area contributed by atoms with Gasteiger partial charge in [-0.3, -0.25) is 4.98 Å². The summed E-state index contributed by atoms with van der Waals surface area (Å²) in [5.74, 6) is 0. The van der Waals surface area contributed by atoms with Crippen LogP contribution in [0.15, 0.2) is 31.1 Å². The van der Waals surface area contributed by atoms with Gasteiger partial charge in [0.15, 0.2) is 0 Å². The number of hydrogen-bond donors (Lipinski definition) is 0. The van der Waals surface area contributed by atoms with Gasteiger partial charge in [-0.15, -0.1) is 0 Å². The van der Waals surface area contributed by atoms with Gasteiger partial charge >= 0.3 is 18.9 Å². The third-order valence-electron chi connectivity index (χ3n) is 0.920. The van der Waals surface area contributed by atoms with Gasteiger partial charge in [-0.1, -0.05) is 18.7 Å². The molecule has 0 spiro atoms. The zero-order chi connectivity index (χ0) is 5.82. The second-order valence-electron chi connectivity index (χ2n) is 1.49. The molecule has 0 saturated heterocycles. The van der Waals surface area contributed by atoms with Crippen LogP contribution < -0.4 is 35.8 Å². The molecule has 0 aromatic carbocycles. The SMILES string of the molecule is C=Cc1cccnc1.[Br-].[Li+]. The van der Waals surface area contributed by atoms with Gasteiger partial charge in [-0.25, -0.2) is 0 Å². The molecule has 1 heterocycles. The average Bonchev–Trinajstić information content (AvgIpc) is 1.90. The predicted molar refractivity (Wildman–Crippen MR) is 34.3 cm³/mol. The number of nitrogens with zero attached hydrogens (tertiary/aromatic N) is 1. The zero-order valence-corrected chi connectivity index (χ0v) is 7.51. The molecule has 0 aliphatic heterocycles. The van der Waals surface area contributed by atoms with Crippen LogP contribution in [0.3, 0.4) is 0 Å². The van der Waals surface area contributed by atoms with Gasteiger partial charge in [0.25, 0.3) is 0 Å². The van der Waals surface area contributed by atoms with Crippen molar-refractivity contribution in [1.29, 1.82) is 0 Å². The van der Waals surface area contributed by atoms with Crippen molar-refractivity contribution in [3.63, 3.8) is 0 Å². The van der Waals surface area contributed by atoms with Crippen molar-refractivity contribution in [3.05, 3.63) is 36.7 Å². The summed E-state index contributed by atoms with van der Waals surface area (Å²) in [6.45, 7) is 3.59. The van der Waals surface area contributed by atoms with Gasteiger partial charge in [0.2, 0.25) is 0 Å². The van der Waals surface area contributed by atoms with Crippen molar-refractivity contribution in [3.8, 4) is 0 Å². The van der Waals surface area contributed by atoms with E-state index in [9.17, 15) is 0 Å². The summed E-state index contributed by atoms with van der Waals surface area (Å²) in [7, 11) is 0. The first-order chi connectivity index (χ1) is 3.93. The van der Waals surface area contributed by atoms with Crippen molar-refractivity contribution in [2.45, 2.75) is 0 Å². The normalized spacial score (nSPS) is 6.80. The van der Waals surface area contributed by atoms with E-state index in [0.29, 0.717) is 0 Å². The molecule has 0 N–H and O–H groups in total. The molecule has 1 rings (SSSR count). The molecular weight excluding hydrogens is 185 g/mol. The fourth-order valence-electron chi connectivity index (χ4n) is 0.497. The first-order valence-corrected chi connectivity index (χ1v) is 2.46. The molecule has 0 atom stereocenters. The maximum absolute atomic E-state index is 3.88. The van der Waals surface area contributed by atoms with Crippen LogP contribution >= 0.6 is 0 Å². The van der Waals surface area contributed by atoms with Gasteiger partial charge < -0.3 is 17.0 Å². The van der Waals surface area contributed by atoms with Crippen molar-refractivity contribution >= 4 is 6.08 Å². The molecule has 0 fully saturated rings. The van der Waals surface area contributed by atoms with Crippen LogP contribution in [0.5, 0.6) is 0 Å². The number of pyridine rings is 1. The molecule has 0 saturated carbocycles. The van der Waals surface area contributed by atoms with Crippen molar-refractivity contribution in [2.24, 2.45) is 0 Å². The summed E-state index contributed by atoms with van der Waals surface area (Å²) in [4.78, 5) is 3.88. The smallest absolute Gasteiger partial charge is 1.00 e. The summed E-state index contributed by atoms with van der Waals surface area (Å²) < 4.78 is 0. The molecule has 1 aromatic heterocycles. The molecule has 1 nitrogen and oxygen atoms in total. The molecule has 10 heavy (non-hydrogen) atoms. The monoisotopic (exact) mass is 191 g/mol. The van der Waals surface area contributed by atoms with Gasteiger partial charge in [-0.2, -0.15) is 0 Å². The number of rotatable bonds is 1. The number of hydrogen-bond acceptors (Lipinski definition) is 1. The zero-order valence-electron chi connectivity index (χ0n) is 5.92. The molecule has 0 aliphatic rings. The number of halogens is 1. The Bertz CT molecular complexity index is 176. The topological polar surface area (TPSA) is 12.9 Å². The maximum atomic E-state index is 3.88. The average molecular weight is 192 g/mol. The molecular formula is C7H7BrLiN. The second-order valence-corrected chi connectivity index (χ2v) is 1.49. The largest absolute Gasteiger partial charge is 1.00 e. The molecule has 0 aliphatic carbocycles. The Morgan fingerprint density at radius 3 is 2.50 bits per heavy atom. The standard InChI is InChI=1S/C7H7N.BrH.Li/c1-2-7-4-3-5-8-6-7;;/h2-6H,1H2;1H;/q;;+1/p-1. The van der Waals surface area contributed by atoms with Gasteiger partial charge in [0.05, 0.1) is 0 Å². The van der Waals surface area contributed by atoms with Crippen LogP contribution in [-0.2, 0) is 0 Å². The minimum absolute atomic E-state index is 0. The van der Waals surface area contributed by atoms with Crippen LogP contribution in [0.4, 0.5) is 0 Å². The minimum atomic E-state index is 0. The Morgan fingerprint density at radius 2 is 2.20 bits per heavy atom. The van der Waals surface area contributed by atoms with E-state index < -0.39 is 0 Å². The minimum Gasteiger partial charge on any atom is -1.00 e. The summed E-state index contributed by atoms with van der Waals surface area (Å²) in [6, 6.07) is 3.84. The first-order valence-electron chi connectivity index (χ1n) is 2.46. The van der Waals surface area contributed by atoms with Crippen molar-refractivity contribution in [1.82, 2.24) is 4.98 Å². The van der Waals surface area contributed by atoms with Gasteiger partial charge in [0.1, 0.15) is 0 Å². The van der Waals surface area contributed by atoms with Crippen LogP contribution in [0.2, 0.25) is 0 Å². The summed E-state index contributed by atoms with van der Waals surface area (Å²) in [5, 5.41) is 0. The summed E-state index contributed by atoms with van der Waals surface area (Å²) in [6.07, 6.45) is 5.28. The van der Waals surface area contributed by atoms with Crippen LogP contribution in [0.25, 0.3) is 6.08 Å².